The van der Waals surface area contributed by atoms with Crippen molar-refractivity contribution < 1.29 is 0 Å². The third-order valence-corrected chi connectivity index (χ3v) is 2.30. The normalized spacial score (nSPS) is 14.2. The fourth-order valence-electron chi connectivity index (χ4n) is 1.65. The molecule has 0 rings (SSSR count). The van der Waals surface area contributed by atoms with Crippen molar-refractivity contribution in [3.8, 4) is 0 Å². The number of nitrogens with zero attached hydrogens (tertiary/aromatic N) is 1. The molecule has 0 radical (unpaired) electrons. The molecule has 74 valence electrons. The van der Waals surface area contributed by atoms with Gasteiger partial charge >= 0.3 is 0 Å². The Labute approximate surface area is 77.1 Å². The lowest BCUT2D eigenvalue weighted by Gasteiger charge is -2.32. The molecule has 0 aromatic carbocycles. The van der Waals surface area contributed by atoms with E-state index in [1.165, 1.54) is 13.0 Å². The second kappa shape index (κ2) is 6.44. The molecule has 2 heteroatoms. The van der Waals surface area contributed by atoms with Crippen molar-refractivity contribution in [3.05, 3.63) is 0 Å². The molecule has 0 aliphatic heterocycles. The standard InChI is InChI=1S/C10H24N2/c1-5-8-12(9(2)3)10(4)6-7-11/h9-10H,5-8,11H2,1-4H3. The van der Waals surface area contributed by atoms with Crippen LogP contribution in [0.2, 0.25) is 0 Å². The fourth-order valence-corrected chi connectivity index (χ4v) is 1.65. The molecule has 0 bridgehead atoms. The first-order valence-electron chi connectivity index (χ1n) is 5.09. The van der Waals surface area contributed by atoms with E-state index < -0.39 is 0 Å². The predicted octanol–water partition coefficient (Wildman–Crippen LogP) is 1.84. The topological polar surface area (TPSA) is 29.3 Å². The van der Waals surface area contributed by atoms with Crippen molar-refractivity contribution in [2.75, 3.05) is 13.1 Å². The van der Waals surface area contributed by atoms with E-state index in [1.807, 2.05) is 0 Å². The van der Waals surface area contributed by atoms with Gasteiger partial charge in [0.25, 0.3) is 0 Å². The second-order valence-electron chi connectivity index (χ2n) is 3.76. The molecule has 2 nitrogen and oxygen atoms in total. The van der Waals surface area contributed by atoms with Crippen molar-refractivity contribution in [1.82, 2.24) is 4.90 Å². The summed E-state index contributed by atoms with van der Waals surface area (Å²) in [7, 11) is 0. The zero-order chi connectivity index (χ0) is 9.56. The van der Waals surface area contributed by atoms with Crippen LogP contribution in [0.5, 0.6) is 0 Å². The highest BCUT2D eigenvalue weighted by molar-refractivity contribution is 4.70. The molecule has 0 aromatic rings. The summed E-state index contributed by atoms with van der Waals surface area (Å²) < 4.78 is 0. The Balaban J connectivity index is 3.90. The number of nitrogens with two attached hydrogens (primary N) is 1. The molecule has 0 amide bonds. The first kappa shape index (κ1) is 11.9. The van der Waals surface area contributed by atoms with Gasteiger partial charge in [-0.25, -0.2) is 0 Å². The Morgan fingerprint density at radius 2 is 1.83 bits per heavy atom. The van der Waals surface area contributed by atoms with E-state index >= 15 is 0 Å². The van der Waals surface area contributed by atoms with Crippen LogP contribution in [0.25, 0.3) is 0 Å². The van der Waals surface area contributed by atoms with Gasteiger partial charge in [-0.3, -0.25) is 4.90 Å². The minimum atomic E-state index is 0.634. The van der Waals surface area contributed by atoms with E-state index in [1.54, 1.807) is 0 Å². The number of hydrogen-bond donors (Lipinski definition) is 1. The molecule has 0 saturated heterocycles. The lowest BCUT2D eigenvalue weighted by atomic mass is 10.1. The first-order valence-corrected chi connectivity index (χ1v) is 5.09. The maximum Gasteiger partial charge on any atom is 0.00816 e. The van der Waals surface area contributed by atoms with Crippen LogP contribution in [0.4, 0.5) is 0 Å². The Bertz CT molecular complexity index is 102. The number of rotatable bonds is 6. The molecular weight excluding hydrogens is 148 g/mol. The molecule has 1 unspecified atom stereocenters. The molecule has 0 saturated carbocycles. The molecule has 0 aliphatic carbocycles. The third-order valence-electron chi connectivity index (χ3n) is 2.30. The Kier molecular flexibility index (Phi) is 6.39. The van der Waals surface area contributed by atoms with E-state index in [9.17, 15) is 0 Å². The van der Waals surface area contributed by atoms with Gasteiger partial charge in [0, 0.05) is 12.1 Å². The Hall–Kier alpha value is -0.0800. The zero-order valence-electron chi connectivity index (χ0n) is 9.01. The summed E-state index contributed by atoms with van der Waals surface area (Å²) in [6, 6.07) is 1.28. The summed E-state index contributed by atoms with van der Waals surface area (Å²) in [5.74, 6) is 0. The molecular formula is C10H24N2. The largest absolute Gasteiger partial charge is 0.330 e. The summed E-state index contributed by atoms with van der Waals surface area (Å²) >= 11 is 0. The van der Waals surface area contributed by atoms with Gasteiger partial charge in [-0.2, -0.15) is 0 Å². The smallest absolute Gasteiger partial charge is 0.00816 e. The second-order valence-corrected chi connectivity index (χ2v) is 3.76. The molecule has 0 spiro atoms. The zero-order valence-corrected chi connectivity index (χ0v) is 9.01. The molecule has 0 heterocycles. The SMILES string of the molecule is CCCN(C(C)C)C(C)CCN. The summed E-state index contributed by atoms with van der Waals surface area (Å²) in [6.45, 7) is 11.0. The van der Waals surface area contributed by atoms with Crippen LogP contribution < -0.4 is 5.73 Å². The van der Waals surface area contributed by atoms with Crippen LogP contribution in [0.15, 0.2) is 0 Å². The fraction of sp³-hybridized carbons (Fsp3) is 1.00. The lowest BCUT2D eigenvalue weighted by Crippen LogP contribution is -2.40. The maximum absolute atomic E-state index is 5.54. The van der Waals surface area contributed by atoms with Crippen LogP contribution in [0.3, 0.4) is 0 Å². The van der Waals surface area contributed by atoms with Crippen LogP contribution in [0.1, 0.15) is 40.5 Å². The third kappa shape index (κ3) is 4.07. The molecule has 0 fully saturated rings. The van der Waals surface area contributed by atoms with Gasteiger partial charge < -0.3 is 5.73 Å². The first-order chi connectivity index (χ1) is 5.63. The Morgan fingerprint density at radius 3 is 2.17 bits per heavy atom. The van der Waals surface area contributed by atoms with Crippen molar-refractivity contribution in [2.45, 2.75) is 52.6 Å². The molecule has 12 heavy (non-hydrogen) atoms. The highest BCUT2D eigenvalue weighted by Crippen LogP contribution is 2.08. The van der Waals surface area contributed by atoms with Gasteiger partial charge in [-0.05, 0) is 46.7 Å². The Morgan fingerprint density at radius 1 is 1.25 bits per heavy atom. The summed E-state index contributed by atoms with van der Waals surface area (Å²) in [5, 5.41) is 0. The predicted molar refractivity (Wildman–Crippen MR) is 55.3 cm³/mol. The van der Waals surface area contributed by atoms with Gasteiger partial charge in [0.1, 0.15) is 0 Å². The minimum Gasteiger partial charge on any atom is -0.330 e. The van der Waals surface area contributed by atoms with E-state index in [0.717, 1.165) is 13.0 Å². The van der Waals surface area contributed by atoms with Gasteiger partial charge in [-0.1, -0.05) is 6.92 Å². The monoisotopic (exact) mass is 172 g/mol. The molecule has 2 N–H and O–H groups in total. The molecule has 0 aromatic heterocycles. The van der Waals surface area contributed by atoms with Crippen molar-refractivity contribution >= 4 is 0 Å². The van der Waals surface area contributed by atoms with E-state index in [0.29, 0.717) is 12.1 Å². The quantitative estimate of drug-likeness (QED) is 0.662. The molecule has 0 aliphatic rings. The van der Waals surface area contributed by atoms with Crippen LogP contribution in [-0.4, -0.2) is 30.1 Å². The van der Waals surface area contributed by atoms with Gasteiger partial charge in [-0.15, -0.1) is 0 Å². The van der Waals surface area contributed by atoms with E-state index in [4.69, 9.17) is 5.73 Å². The summed E-state index contributed by atoms with van der Waals surface area (Å²) in [4.78, 5) is 2.52. The number of hydrogen-bond acceptors (Lipinski definition) is 2. The molecule has 1 atom stereocenters. The highest BCUT2D eigenvalue weighted by Gasteiger charge is 2.14. The maximum atomic E-state index is 5.54. The average Bonchev–Trinajstić information content (AvgIpc) is 1.99. The minimum absolute atomic E-state index is 0.634. The van der Waals surface area contributed by atoms with Crippen LogP contribution in [0, 0.1) is 0 Å². The lowest BCUT2D eigenvalue weighted by molar-refractivity contribution is 0.158. The van der Waals surface area contributed by atoms with Gasteiger partial charge in [0.05, 0.1) is 0 Å². The summed E-state index contributed by atoms with van der Waals surface area (Å²) in [5.41, 5.74) is 5.54. The van der Waals surface area contributed by atoms with E-state index in [2.05, 4.69) is 32.6 Å². The van der Waals surface area contributed by atoms with Crippen molar-refractivity contribution in [1.29, 1.82) is 0 Å². The van der Waals surface area contributed by atoms with Gasteiger partial charge in [0.2, 0.25) is 0 Å². The van der Waals surface area contributed by atoms with E-state index in [-0.39, 0.29) is 0 Å². The van der Waals surface area contributed by atoms with Gasteiger partial charge in [0.15, 0.2) is 0 Å². The van der Waals surface area contributed by atoms with Crippen LogP contribution in [-0.2, 0) is 0 Å². The van der Waals surface area contributed by atoms with Crippen molar-refractivity contribution in [2.24, 2.45) is 5.73 Å². The summed E-state index contributed by atoms with van der Waals surface area (Å²) in [6.07, 6.45) is 2.34. The van der Waals surface area contributed by atoms with Crippen molar-refractivity contribution in [3.63, 3.8) is 0 Å². The average molecular weight is 172 g/mol. The highest BCUT2D eigenvalue weighted by atomic mass is 15.2. The van der Waals surface area contributed by atoms with Crippen LogP contribution >= 0.6 is 0 Å².